The summed E-state index contributed by atoms with van der Waals surface area (Å²) < 4.78 is 6.82. The Labute approximate surface area is 172 Å². The summed E-state index contributed by atoms with van der Waals surface area (Å²) in [6.07, 6.45) is 0.839. The van der Waals surface area contributed by atoms with Gasteiger partial charge in [-0.25, -0.2) is 0 Å². The molecule has 2 rings (SSSR count). The van der Waals surface area contributed by atoms with Crippen LogP contribution in [0.15, 0.2) is 60.7 Å². The van der Waals surface area contributed by atoms with E-state index in [9.17, 15) is 4.79 Å². The number of aldehydes is 1. The summed E-state index contributed by atoms with van der Waals surface area (Å²) in [7, 11) is -4.20. The van der Waals surface area contributed by atoms with E-state index in [1.165, 1.54) is 10.4 Å². The van der Waals surface area contributed by atoms with Crippen LogP contribution < -0.4 is 10.4 Å². The largest absolute Gasteiger partial charge is 0.397 e. The van der Waals surface area contributed by atoms with Crippen molar-refractivity contribution in [2.45, 2.75) is 58.0 Å². The maximum absolute atomic E-state index is 12.0. The first-order valence-electron chi connectivity index (χ1n) is 9.84. The van der Waals surface area contributed by atoms with E-state index >= 15 is 0 Å². The molecule has 0 aromatic heterocycles. The molecule has 0 heterocycles. The molecule has 0 unspecified atom stereocenters. The van der Waals surface area contributed by atoms with E-state index in [0.29, 0.717) is 6.42 Å². The Morgan fingerprint density at radius 1 is 0.929 bits per heavy atom. The second-order valence-corrected chi connectivity index (χ2v) is 18.2. The average Bonchev–Trinajstić information content (AvgIpc) is 2.64. The molecule has 2 aromatic carbocycles. The van der Waals surface area contributed by atoms with E-state index in [2.05, 4.69) is 100 Å². The van der Waals surface area contributed by atoms with Gasteiger partial charge in [0.1, 0.15) is 20.5 Å². The van der Waals surface area contributed by atoms with Crippen LogP contribution in [0, 0.1) is 11.5 Å². The zero-order chi connectivity index (χ0) is 20.8. The molecule has 0 aliphatic carbocycles. The van der Waals surface area contributed by atoms with Gasteiger partial charge in [-0.1, -0.05) is 101 Å². The minimum Gasteiger partial charge on any atom is -0.397 e. The van der Waals surface area contributed by atoms with Crippen LogP contribution in [-0.2, 0) is 9.22 Å². The SMILES string of the molecule is CC(C)(C)[Si](O[C@@H](C=O)CC#C[Si](C)(C)C)(c1ccccc1)c1ccccc1. The number of benzene rings is 2. The van der Waals surface area contributed by atoms with Crippen LogP contribution in [0.25, 0.3) is 0 Å². The Balaban J connectivity index is 2.57. The molecule has 0 fully saturated rings. The highest BCUT2D eigenvalue weighted by Gasteiger charge is 2.51. The van der Waals surface area contributed by atoms with Crippen molar-refractivity contribution in [3.8, 4) is 11.5 Å². The lowest BCUT2D eigenvalue weighted by atomic mass is 10.2. The van der Waals surface area contributed by atoms with E-state index in [1.807, 2.05) is 12.1 Å². The first-order valence-corrected chi connectivity index (χ1v) is 15.3. The van der Waals surface area contributed by atoms with Crippen molar-refractivity contribution in [1.29, 1.82) is 0 Å². The quantitative estimate of drug-likeness (QED) is 0.402. The van der Waals surface area contributed by atoms with E-state index < -0.39 is 22.5 Å². The highest BCUT2D eigenvalue weighted by molar-refractivity contribution is 6.99. The van der Waals surface area contributed by atoms with Gasteiger partial charge in [0.2, 0.25) is 0 Å². The predicted octanol–water partition coefficient (Wildman–Crippen LogP) is 4.40. The molecule has 0 saturated carbocycles. The van der Waals surface area contributed by atoms with Gasteiger partial charge in [-0.15, -0.1) is 11.5 Å². The van der Waals surface area contributed by atoms with Gasteiger partial charge >= 0.3 is 0 Å². The van der Waals surface area contributed by atoms with Crippen molar-refractivity contribution in [1.82, 2.24) is 0 Å². The Morgan fingerprint density at radius 2 is 1.39 bits per heavy atom. The van der Waals surface area contributed by atoms with Crippen LogP contribution in [0.2, 0.25) is 24.7 Å². The number of hydrogen-bond acceptors (Lipinski definition) is 2. The van der Waals surface area contributed by atoms with Gasteiger partial charge in [-0.3, -0.25) is 0 Å². The van der Waals surface area contributed by atoms with Gasteiger partial charge in [-0.2, -0.15) is 0 Å². The third-order valence-electron chi connectivity index (χ3n) is 4.66. The number of carbonyl (C=O) groups is 1. The van der Waals surface area contributed by atoms with Crippen molar-refractivity contribution < 1.29 is 9.22 Å². The third kappa shape index (κ3) is 5.32. The molecule has 0 spiro atoms. The van der Waals surface area contributed by atoms with Gasteiger partial charge in [0.05, 0.1) is 0 Å². The van der Waals surface area contributed by atoms with Crippen molar-refractivity contribution in [2.24, 2.45) is 0 Å². The van der Waals surface area contributed by atoms with E-state index in [4.69, 9.17) is 4.43 Å². The molecule has 0 saturated heterocycles. The maximum atomic E-state index is 12.0. The normalized spacial score (nSPS) is 13.4. The van der Waals surface area contributed by atoms with Crippen molar-refractivity contribution in [3.63, 3.8) is 0 Å². The Kier molecular flexibility index (Phi) is 7.22. The van der Waals surface area contributed by atoms with E-state index in [1.54, 1.807) is 0 Å². The topological polar surface area (TPSA) is 26.3 Å². The third-order valence-corrected chi connectivity index (χ3v) is 10.7. The van der Waals surface area contributed by atoms with E-state index in [-0.39, 0.29) is 5.04 Å². The first kappa shape index (κ1) is 22.4. The molecule has 0 N–H and O–H groups in total. The first-order chi connectivity index (χ1) is 13.1. The predicted molar refractivity (Wildman–Crippen MR) is 124 cm³/mol. The zero-order valence-electron chi connectivity index (χ0n) is 18.0. The molecule has 28 heavy (non-hydrogen) atoms. The minimum absolute atomic E-state index is 0.150. The van der Waals surface area contributed by atoms with Gasteiger partial charge < -0.3 is 9.22 Å². The lowest BCUT2D eigenvalue weighted by Gasteiger charge is -2.44. The van der Waals surface area contributed by atoms with Crippen LogP contribution in [-0.4, -0.2) is 28.8 Å². The summed E-state index contributed by atoms with van der Waals surface area (Å²) in [5, 5.41) is 2.21. The fourth-order valence-electron chi connectivity index (χ4n) is 3.45. The minimum atomic E-state index is -2.72. The lowest BCUT2D eigenvalue weighted by Crippen LogP contribution is -2.67. The number of carbonyl (C=O) groups excluding carboxylic acids is 1. The highest BCUT2D eigenvalue weighted by atomic mass is 28.4. The number of hydrogen-bond donors (Lipinski definition) is 0. The smallest absolute Gasteiger partial charge is 0.262 e. The van der Waals surface area contributed by atoms with Gasteiger partial charge in [0, 0.05) is 6.42 Å². The van der Waals surface area contributed by atoms with Crippen LogP contribution in [0.1, 0.15) is 27.2 Å². The molecule has 0 bridgehead atoms. The fraction of sp³-hybridized carbons (Fsp3) is 0.375. The molecule has 148 valence electrons. The fourth-order valence-corrected chi connectivity index (χ4v) is 8.69. The molecule has 1 atom stereocenters. The molecular formula is C24H32O2Si2. The molecule has 2 nitrogen and oxygen atoms in total. The molecule has 0 amide bonds. The van der Waals surface area contributed by atoms with Crippen LogP contribution in [0.3, 0.4) is 0 Å². The molecule has 0 aliphatic rings. The molecule has 2 aromatic rings. The highest BCUT2D eigenvalue weighted by Crippen LogP contribution is 2.37. The molecule has 0 aliphatic heterocycles. The molecule has 4 heteroatoms. The van der Waals surface area contributed by atoms with Crippen LogP contribution >= 0.6 is 0 Å². The second kappa shape index (κ2) is 9.04. The number of rotatable bonds is 6. The summed E-state index contributed by atoms with van der Waals surface area (Å²) in [6, 6.07) is 20.8. The summed E-state index contributed by atoms with van der Waals surface area (Å²) in [5.74, 6) is 3.23. The summed E-state index contributed by atoms with van der Waals surface area (Å²) in [5.41, 5.74) is 3.36. The van der Waals surface area contributed by atoms with Crippen molar-refractivity contribution in [2.75, 3.05) is 0 Å². The van der Waals surface area contributed by atoms with Crippen LogP contribution in [0.4, 0.5) is 0 Å². The Hall–Kier alpha value is -1.94. The second-order valence-electron chi connectivity index (χ2n) is 9.21. The van der Waals surface area contributed by atoms with Crippen molar-refractivity contribution in [3.05, 3.63) is 60.7 Å². The van der Waals surface area contributed by atoms with Crippen LogP contribution in [0.5, 0.6) is 0 Å². The van der Waals surface area contributed by atoms with Gasteiger partial charge in [-0.05, 0) is 15.4 Å². The maximum Gasteiger partial charge on any atom is 0.262 e. The Morgan fingerprint density at radius 3 is 1.75 bits per heavy atom. The van der Waals surface area contributed by atoms with Gasteiger partial charge in [0.15, 0.2) is 0 Å². The summed E-state index contributed by atoms with van der Waals surface area (Å²) in [6.45, 7) is 13.3. The lowest BCUT2D eigenvalue weighted by molar-refractivity contribution is -0.113. The average molecular weight is 409 g/mol. The zero-order valence-corrected chi connectivity index (χ0v) is 20.0. The molecule has 0 radical (unpaired) electrons. The Bertz CT molecular complexity index is 783. The van der Waals surface area contributed by atoms with Crippen molar-refractivity contribution >= 4 is 33.1 Å². The summed E-state index contributed by atoms with van der Waals surface area (Å²) in [4.78, 5) is 12.0. The molecular weight excluding hydrogens is 376 g/mol. The monoisotopic (exact) mass is 408 g/mol. The summed E-state index contributed by atoms with van der Waals surface area (Å²) >= 11 is 0. The van der Waals surface area contributed by atoms with E-state index in [0.717, 1.165) is 6.29 Å². The standard InChI is InChI=1S/C24H32O2Si2/c1-24(2,3)28(22-15-9-7-10-16-22,23-17-11-8-12-18-23)26-21(20-25)14-13-19-27(4,5)6/h7-12,15-18,20-21H,14H2,1-6H3/t21-/m1/s1. The van der Waals surface area contributed by atoms with Gasteiger partial charge in [0.25, 0.3) is 8.32 Å².